The van der Waals surface area contributed by atoms with E-state index >= 15 is 0 Å². The zero-order valence-corrected chi connectivity index (χ0v) is 17.6. The van der Waals surface area contributed by atoms with E-state index < -0.39 is 15.9 Å². The molecule has 0 aliphatic carbocycles. The summed E-state index contributed by atoms with van der Waals surface area (Å²) in [5.41, 5.74) is 1.19. The molecule has 0 aromatic heterocycles. The monoisotopic (exact) mass is 424 g/mol. The van der Waals surface area contributed by atoms with Crippen LogP contribution < -0.4 is 5.32 Å². The molecule has 2 aromatic carbocycles. The van der Waals surface area contributed by atoms with Gasteiger partial charge in [0.05, 0.1) is 15.5 Å². The Kier molecular flexibility index (Phi) is 7.86. The Morgan fingerprint density at radius 1 is 1.11 bits per heavy atom. The number of nitrogens with zero attached hydrogens (tertiary/aromatic N) is 1. The summed E-state index contributed by atoms with van der Waals surface area (Å²) in [5, 5.41) is 12.3. The number of benzene rings is 2. The molecule has 0 atom stereocenters. The third kappa shape index (κ3) is 5.47. The van der Waals surface area contributed by atoms with E-state index in [1.165, 1.54) is 22.5 Å². The lowest BCUT2D eigenvalue weighted by molar-refractivity contribution is 0.0953. The van der Waals surface area contributed by atoms with Gasteiger partial charge in [-0.1, -0.05) is 37.6 Å². The van der Waals surface area contributed by atoms with Gasteiger partial charge in [0.1, 0.15) is 5.75 Å². The first-order chi connectivity index (χ1) is 13.3. The number of halogens is 1. The van der Waals surface area contributed by atoms with Crippen LogP contribution in [0.5, 0.6) is 5.75 Å². The van der Waals surface area contributed by atoms with Crippen molar-refractivity contribution in [3.8, 4) is 5.75 Å². The third-order valence-electron chi connectivity index (χ3n) is 4.39. The lowest BCUT2D eigenvalue weighted by Gasteiger charge is -2.19. The maximum atomic E-state index is 12.7. The van der Waals surface area contributed by atoms with Crippen molar-refractivity contribution in [3.63, 3.8) is 0 Å². The normalized spacial score (nSPS) is 11.6. The first kappa shape index (κ1) is 22.2. The number of rotatable bonds is 9. The van der Waals surface area contributed by atoms with Crippen LogP contribution in [-0.2, 0) is 16.4 Å². The Bertz CT molecular complexity index is 910. The Labute approximate surface area is 171 Å². The lowest BCUT2D eigenvalue weighted by atomic mass is 10.1. The van der Waals surface area contributed by atoms with Crippen LogP contribution in [0.1, 0.15) is 36.2 Å². The molecule has 0 fully saturated rings. The summed E-state index contributed by atoms with van der Waals surface area (Å²) in [6, 6.07) is 11.1. The van der Waals surface area contributed by atoms with E-state index in [9.17, 15) is 18.3 Å². The predicted octanol–water partition coefficient (Wildman–Crippen LogP) is 3.44. The summed E-state index contributed by atoms with van der Waals surface area (Å²) in [4.78, 5) is 12.5. The van der Waals surface area contributed by atoms with Crippen LogP contribution in [0, 0.1) is 0 Å². The van der Waals surface area contributed by atoms with Crippen molar-refractivity contribution in [2.24, 2.45) is 0 Å². The Morgan fingerprint density at radius 2 is 1.75 bits per heavy atom. The Morgan fingerprint density at radius 3 is 2.36 bits per heavy atom. The molecule has 0 saturated heterocycles. The second-order valence-electron chi connectivity index (χ2n) is 6.26. The first-order valence-electron chi connectivity index (χ1n) is 9.15. The molecule has 1 amide bonds. The summed E-state index contributed by atoms with van der Waals surface area (Å²) in [5.74, 6) is -0.196. The van der Waals surface area contributed by atoms with Crippen LogP contribution in [0.15, 0.2) is 47.4 Å². The highest BCUT2D eigenvalue weighted by molar-refractivity contribution is 7.89. The van der Waals surface area contributed by atoms with Gasteiger partial charge in [0, 0.05) is 19.6 Å². The molecule has 0 unspecified atom stereocenters. The highest BCUT2D eigenvalue weighted by Gasteiger charge is 2.23. The molecule has 6 nitrogen and oxygen atoms in total. The van der Waals surface area contributed by atoms with E-state index in [0.29, 0.717) is 26.1 Å². The molecule has 0 saturated carbocycles. The number of amides is 1. The van der Waals surface area contributed by atoms with Crippen molar-refractivity contribution < 1.29 is 18.3 Å². The van der Waals surface area contributed by atoms with Gasteiger partial charge in [-0.3, -0.25) is 4.79 Å². The van der Waals surface area contributed by atoms with Gasteiger partial charge < -0.3 is 10.4 Å². The lowest BCUT2D eigenvalue weighted by Crippen LogP contribution is -2.31. The summed E-state index contributed by atoms with van der Waals surface area (Å²) in [6.45, 7) is 4.64. The maximum Gasteiger partial charge on any atom is 0.252 e. The predicted molar refractivity (Wildman–Crippen MR) is 110 cm³/mol. The van der Waals surface area contributed by atoms with Crippen molar-refractivity contribution in [2.45, 2.75) is 31.6 Å². The maximum absolute atomic E-state index is 12.7. The van der Waals surface area contributed by atoms with Crippen LogP contribution in [-0.4, -0.2) is 43.4 Å². The highest BCUT2D eigenvalue weighted by atomic mass is 35.5. The van der Waals surface area contributed by atoms with E-state index in [1.807, 2.05) is 12.1 Å². The van der Waals surface area contributed by atoms with E-state index in [1.54, 1.807) is 26.0 Å². The van der Waals surface area contributed by atoms with Crippen molar-refractivity contribution in [1.29, 1.82) is 0 Å². The summed E-state index contributed by atoms with van der Waals surface area (Å²) in [7, 11) is -3.66. The van der Waals surface area contributed by atoms with E-state index in [2.05, 4.69) is 5.32 Å². The number of hydrogen-bond donors (Lipinski definition) is 2. The summed E-state index contributed by atoms with van der Waals surface area (Å²) >= 11 is 6.12. The number of carbonyl (C=O) groups excluding carboxylic acids is 1. The second kappa shape index (κ2) is 9.91. The third-order valence-corrected chi connectivity index (χ3v) is 6.77. The van der Waals surface area contributed by atoms with Gasteiger partial charge in [-0.15, -0.1) is 0 Å². The molecule has 0 radical (unpaired) electrons. The Hall–Kier alpha value is -2.09. The van der Waals surface area contributed by atoms with Gasteiger partial charge >= 0.3 is 0 Å². The molecule has 152 valence electrons. The number of phenols is 1. The minimum atomic E-state index is -3.66. The van der Waals surface area contributed by atoms with E-state index in [-0.39, 0.29) is 21.2 Å². The molecule has 0 heterocycles. The fourth-order valence-electron chi connectivity index (χ4n) is 2.80. The number of aromatic hydroxyl groups is 1. The Balaban J connectivity index is 2.03. The second-order valence-corrected chi connectivity index (χ2v) is 8.60. The number of aryl methyl sites for hydroxylation is 1. The van der Waals surface area contributed by atoms with Crippen LogP contribution in [0.2, 0.25) is 5.02 Å². The molecule has 0 spiro atoms. The number of nitrogens with one attached hydrogen (secondary N) is 1. The van der Waals surface area contributed by atoms with E-state index in [4.69, 9.17) is 11.6 Å². The minimum Gasteiger partial charge on any atom is -0.508 e. The van der Waals surface area contributed by atoms with Gasteiger partial charge in [0.2, 0.25) is 10.0 Å². The molecule has 0 bridgehead atoms. The highest BCUT2D eigenvalue weighted by Crippen LogP contribution is 2.23. The summed E-state index contributed by atoms with van der Waals surface area (Å²) < 4.78 is 26.6. The number of phenolic OH excluding ortho intramolecular Hbond substituents is 1. The van der Waals surface area contributed by atoms with E-state index in [0.717, 1.165) is 12.0 Å². The number of sulfonamides is 1. The van der Waals surface area contributed by atoms with Crippen molar-refractivity contribution in [2.75, 3.05) is 19.6 Å². The van der Waals surface area contributed by atoms with Gasteiger partial charge in [0.15, 0.2) is 0 Å². The topological polar surface area (TPSA) is 86.7 Å². The van der Waals surface area contributed by atoms with Crippen molar-refractivity contribution in [3.05, 3.63) is 58.6 Å². The molecule has 8 heteroatoms. The molecule has 28 heavy (non-hydrogen) atoms. The van der Waals surface area contributed by atoms with Crippen LogP contribution >= 0.6 is 11.6 Å². The zero-order chi connectivity index (χ0) is 20.7. The van der Waals surface area contributed by atoms with Crippen LogP contribution in [0.3, 0.4) is 0 Å². The van der Waals surface area contributed by atoms with Gasteiger partial charge in [-0.05, 0) is 48.7 Å². The SMILES string of the molecule is CCN(CC)S(=O)(=O)c1ccc(Cl)c(C(=O)NCCCc2ccc(O)cc2)c1. The van der Waals surface area contributed by atoms with Gasteiger partial charge in [-0.2, -0.15) is 4.31 Å². The largest absolute Gasteiger partial charge is 0.508 e. The molecule has 0 aliphatic rings. The first-order valence-corrected chi connectivity index (χ1v) is 11.0. The quantitative estimate of drug-likeness (QED) is 0.603. The summed E-state index contributed by atoms with van der Waals surface area (Å²) in [6.07, 6.45) is 1.44. The fraction of sp³-hybridized carbons (Fsp3) is 0.350. The van der Waals surface area contributed by atoms with Gasteiger partial charge in [-0.25, -0.2) is 8.42 Å². The average Bonchev–Trinajstić information content (AvgIpc) is 2.67. The number of carbonyl (C=O) groups is 1. The standard InChI is InChI=1S/C20H25ClN2O4S/c1-3-23(4-2)28(26,27)17-11-12-19(21)18(14-17)20(25)22-13-5-6-15-7-9-16(24)10-8-15/h7-12,14,24H,3-6,13H2,1-2H3,(H,22,25). The smallest absolute Gasteiger partial charge is 0.252 e. The molecule has 2 rings (SSSR count). The fourth-order valence-corrected chi connectivity index (χ4v) is 4.49. The molecule has 2 N–H and O–H groups in total. The molecular weight excluding hydrogens is 400 g/mol. The van der Waals surface area contributed by atoms with Crippen LogP contribution in [0.4, 0.5) is 0 Å². The van der Waals surface area contributed by atoms with Crippen LogP contribution in [0.25, 0.3) is 0 Å². The van der Waals surface area contributed by atoms with Crippen molar-refractivity contribution >= 4 is 27.5 Å². The van der Waals surface area contributed by atoms with Crippen molar-refractivity contribution in [1.82, 2.24) is 9.62 Å². The van der Waals surface area contributed by atoms with Gasteiger partial charge in [0.25, 0.3) is 5.91 Å². The molecule has 0 aliphatic heterocycles. The minimum absolute atomic E-state index is 0.0508. The number of hydrogen-bond acceptors (Lipinski definition) is 4. The molecule has 2 aromatic rings. The average molecular weight is 425 g/mol. The zero-order valence-electron chi connectivity index (χ0n) is 16.0. The molecular formula is C20H25ClN2O4S.